The summed E-state index contributed by atoms with van der Waals surface area (Å²) in [6.45, 7) is 4.70. The fourth-order valence-electron chi connectivity index (χ4n) is 3.79. The molecular weight excluding hydrogens is 342 g/mol. The molecule has 1 aromatic carbocycles. The number of H-pyrrole nitrogens is 1. The van der Waals surface area contributed by atoms with Crippen LogP contribution in [0.5, 0.6) is 0 Å². The highest BCUT2D eigenvalue weighted by Gasteiger charge is 2.24. The van der Waals surface area contributed by atoms with Crippen molar-refractivity contribution in [3.05, 3.63) is 39.7 Å². The van der Waals surface area contributed by atoms with Gasteiger partial charge in [-0.15, -0.1) is 0 Å². The van der Waals surface area contributed by atoms with Crippen molar-refractivity contribution in [3.63, 3.8) is 0 Å². The number of esters is 1. The van der Waals surface area contributed by atoms with E-state index < -0.39 is 5.97 Å². The molecule has 0 saturated carbocycles. The number of aromatic amines is 1. The van der Waals surface area contributed by atoms with Crippen molar-refractivity contribution in [1.82, 2.24) is 4.98 Å². The van der Waals surface area contributed by atoms with Gasteiger partial charge in [-0.05, 0) is 50.8 Å². The zero-order valence-electron chi connectivity index (χ0n) is 16.6. The predicted molar refractivity (Wildman–Crippen MR) is 108 cm³/mol. The van der Waals surface area contributed by atoms with Gasteiger partial charge in [-0.3, -0.25) is 4.79 Å². The third kappa shape index (κ3) is 4.33. The summed E-state index contributed by atoms with van der Waals surface area (Å²) in [7, 11) is 3.90. The van der Waals surface area contributed by atoms with Crippen LogP contribution in [0.4, 0.5) is 5.69 Å². The molecule has 3 rings (SSSR count). The van der Waals surface area contributed by atoms with Crippen molar-refractivity contribution >= 4 is 22.6 Å². The maximum atomic E-state index is 13.3. The first-order chi connectivity index (χ1) is 13.0. The van der Waals surface area contributed by atoms with Crippen molar-refractivity contribution < 1.29 is 14.4 Å². The number of benzene rings is 1. The third-order valence-electron chi connectivity index (χ3n) is 5.32. The standard InChI is InChI=1S/C21H29N3O3/c1-4-27-21(26)19-17(14-24-11-7-5-6-8-12-24)20(25)16-13-15(23(2)3)9-10-18(16)22-19/h9-10,13H,4-8,11-12,14H2,1-3H3,(H,22,25)/p+1. The fourth-order valence-corrected chi connectivity index (χ4v) is 3.79. The predicted octanol–water partition coefficient (Wildman–Crippen LogP) is 1.73. The van der Waals surface area contributed by atoms with E-state index >= 15 is 0 Å². The highest BCUT2D eigenvalue weighted by Crippen LogP contribution is 2.19. The number of nitrogens with one attached hydrogen (secondary N) is 2. The van der Waals surface area contributed by atoms with Gasteiger partial charge in [-0.2, -0.15) is 0 Å². The number of carbonyl (C=O) groups is 1. The number of fused-ring (bicyclic) bond motifs is 1. The normalized spacial score (nSPS) is 15.5. The molecule has 6 heteroatoms. The summed E-state index contributed by atoms with van der Waals surface area (Å²) >= 11 is 0. The summed E-state index contributed by atoms with van der Waals surface area (Å²) in [5.74, 6) is -0.447. The summed E-state index contributed by atoms with van der Waals surface area (Å²) in [6.07, 6.45) is 4.82. The SMILES string of the molecule is CCOC(=O)c1[nH]c2ccc(N(C)C)cc2c(=O)c1C[NH+]1CCCCCC1. The highest BCUT2D eigenvalue weighted by atomic mass is 16.5. The molecule has 0 spiro atoms. The molecule has 0 amide bonds. The summed E-state index contributed by atoms with van der Waals surface area (Å²) in [4.78, 5) is 32.4. The van der Waals surface area contributed by atoms with E-state index in [1.807, 2.05) is 37.2 Å². The van der Waals surface area contributed by atoms with Crippen molar-refractivity contribution in [2.24, 2.45) is 0 Å². The second-order valence-corrected chi connectivity index (χ2v) is 7.49. The van der Waals surface area contributed by atoms with Crippen molar-refractivity contribution in [1.29, 1.82) is 0 Å². The van der Waals surface area contributed by atoms with E-state index in [0.717, 1.165) is 18.8 Å². The number of aromatic nitrogens is 1. The van der Waals surface area contributed by atoms with Crippen LogP contribution in [-0.4, -0.2) is 44.7 Å². The lowest BCUT2D eigenvalue weighted by Gasteiger charge is -2.19. The molecule has 6 nitrogen and oxygen atoms in total. The highest BCUT2D eigenvalue weighted by molar-refractivity contribution is 5.93. The quantitative estimate of drug-likeness (QED) is 0.785. The van der Waals surface area contributed by atoms with Crippen LogP contribution in [0.3, 0.4) is 0 Å². The van der Waals surface area contributed by atoms with E-state index in [2.05, 4.69) is 4.98 Å². The van der Waals surface area contributed by atoms with Crippen molar-refractivity contribution in [2.75, 3.05) is 38.7 Å². The molecule has 1 fully saturated rings. The van der Waals surface area contributed by atoms with Gasteiger partial charge in [0.15, 0.2) is 5.43 Å². The number of anilines is 1. The van der Waals surface area contributed by atoms with Gasteiger partial charge in [-0.25, -0.2) is 4.79 Å². The minimum Gasteiger partial charge on any atom is -0.461 e. The molecule has 2 N–H and O–H groups in total. The number of hydrogen-bond acceptors (Lipinski definition) is 4. The van der Waals surface area contributed by atoms with Crippen molar-refractivity contribution in [2.45, 2.75) is 39.2 Å². The largest absolute Gasteiger partial charge is 0.461 e. The third-order valence-corrected chi connectivity index (χ3v) is 5.32. The molecule has 2 heterocycles. The first-order valence-electron chi connectivity index (χ1n) is 9.88. The van der Waals surface area contributed by atoms with Gasteiger partial charge in [0, 0.05) is 25.2 Å². The number of hydrogen-bond donors (Lipinski definition) is 2. The number of ether oxygens (including phenoxy) is 1. The van der Waals surface area contributed by atoms with Gasteiger partial charge in [0.2, 0.25) is 0 Å². The first kappa shape index (κ1) is 19.4. The van der Waals surface area contributed by atoms with E-state index in [9.17, 15) is 9.59 Å². The minimum atomic E-state index is -0.447. The van der Waals surface area contributed by atoms with Crippen LogP contribution in [0.2, 0.25) is 0 Å². The van der Waals surface area contributed by atoms with Gasteiger partial charge in [0.25, 0.3) is 0 Å². The average Bonchev–Trinajstić information content (AvgIpc) is 2.92. The summed E-state index contributed by atoms with van der Waals surface area (Å²) in [5, 5.41) is 0.624. The van der Waals surface area contributed by atoms with Crippen LogP contribution in [0, 0.1) is 0 Å². The van der Waals surface area contributed by atoms with Crippen LogP contribution in [-0.2, 0) is 11.3 Å². The molecule has 0 radical (unpaired) electrons. The Kier molecular flexibility index (Phi) is 6.16. The zero-order chi connectivity index (χ0) is 19.4. The first-order valence-corrected chi connectivity index (χ1v) is 9.88. The minimum absolute atomic E-state index is 0.0627. The Morgan fingerprint density at radius 2 is 1.89 bits per heavy atom. The van der Waals surface area contributed by atoms with E-state index in [4.69, 9.17) is 4.74 Å². The van der Waals surface area contributed by atoms with Crippen LogP contribution in [0.15, 0.2) is 23.0 Å². The second kappa shape index (κ2) is 8.57. The Morgan fingerprint density at radius 1 is 1.19 bits per heavy atom. The Labute approximate surface area is 160 Å². The van der Waals surface area contributed by atoms with Gasteiger partial charge in [0.05, 0.1) is 30.8 Å². The Morgan fingerprint density at radius 3 is 2.52 bits per heavy atom. The Hall–Kier alpha value is -2.34. The fraction of sp³-hybridized carbons (Fsp3) is 0.524. The Balaban J connectivity index is 2.10. The summed E-state index contributed by atoms with van der Waals surface area (Å²) in [6, 6.07) is 5.69. The molecule has 27 heavy (non-hydrogen) atoms. The molecule has 1 aliphatic heterocycles. The lowest BCUT2D eigenvalue weighted by atomic mass is 10.1. The molecule has 1 saturated heterocycles. The number of likely N-dealkylation sites (tertiary alicyclic amines) is 1. The molecule has 2 aromatic rings. The van der Waals surface area contributed by atoms with Crippen LogP contribution in [0.25, 0.3) is 10.9 Å². The molecular formula is C21H30N3O3+. The van der Waals surface area contributed by atoms with Gasteiger partial charge in [-0.1, -0.05) is 0 Å². The smallest absolute Gasteiger partial charge is 0.355 e. The average molecular weight is 372 g/mol. The number of pyridine rings is 1. The van der Waals surface area contributed by atoms with E-state index in [1.165, 1.54) is 30.6 Å². The summed E-state index contributed by atoms with van der Waals surface area (Å²) < 4.78 is 5.22. The molecule has 0 aliphatic carbocycles. The molecule has 0 atom stereocenters. The zero-order valence-corrected chi connectivity index (χ0v) is 16.6. The molecule has 146 valence electrons. The summed E-state index contributed by atoms with van der Waals surface area (Å²) in [5.41, 5.74) is 2.43. The maximum absolute atomic E-state index is 13.3. The number of nitrogens with zero attached hydrogens (tertiary/aromatic N) is 1. The van der Waals surface area contributed by atoms with Crippen molar-refractivity contribution in [3.8, 4) is 0 Å². The second-order valence-electron chi connectivity index (χ2n) is 7.49. The monoisotopic (exact) mass is 372 g/mol. The Bertz CT molecular complexity index is 865. The molecule has 0 bridgehead atoms. The van der Waals surface area contributed by atoms with E-state index in [1.54, 1.807) is 6.92 Å². The van der Waals surface area contributed by atoms with Gasteiger partial charge in [0.1, 0.15) is 12.2 Å². The molecule has 1 aliphatic rings. The van der Waals surface area contributed by atoms with E-state index in [-0.39, 0.29) is 12.0 Å². The maximum Gasteiger partial charge on any atom is 0.355 e. The topological polar surface area (TPSA) is 66.8 Å². The van der Waals surface area contributed by atoms with Crippen LogP contribution < -0.4 is 15.2 Å². The van der Waals surface area contributed by atoms with Crippen LogP contribution >= 0.6 is 0 Å². The molecule has 0 unspecified atom stereocenters. The number of rotatable bonds is 5. The lowest BCUT2D eigenvalue weighted by molar-refractivity contribution is -0.913. The van der Waals surface area contributed by atoms with Gasteiger partial charge >= 0.3 is 5.97 Å². The van der Waals surface area contributed by atoms with Crippen LogP contribution in [0.1, 0.15) is 48.7 Å². The molecule has 1 aromatic heterocycles. The lowest BCUT2D eigenvalue weighted by Crippen LogP contribution is -3.10. The van der Waals surface area contributed by atoms with Gasteiger partial charge < -0.3 is 19.5 Å². The number of carbonyl (C=O) groups excluding carboxylic acids is 1. The van der Waals surface area contributed by atoms with E-state index in [0.29, 0.717) is 28.7 Å². The number of quaternary nitrogens is 1.